The summed E-state index contributed by atoms with van der Waals surface area (Å²) in [5.41, 5.74) is 0. The zero-order chi connectivity index (χ0) is 19.1. The van der Waals surface area contributed by atoms with Crippen molar-refractivity contribution in [3.8, 4) is 0 Å². The third-order valence-electron chi connectivity index (χ3n) is 6.10. The van der Waals surface area contributed by atoms with Crippen LogP contribution in [0.15, 0.2) is 0 Å². The van der Waals surface area contributed by atoms with Crippen molar-refractivity contribution in [1.82, 2.24) is 0 Å². The lowest BCUT2D eigenvalue weighted by atomic mass is 9.96. The molecule has 0 aromatic carbocycles. The average Bonchev–Trinajstić information content (AvgIpc) is 2.64. The van der Waals surface area contributed by atoms with E-state index < -0.39 is 0 Å². The Morgan fingerprint density at radius 3 is 0.923 bits per heavy atom. The van der Waals surface area contributed by atoms with E-state index in [-0.39, 0.29) is 0 Å². The summed E-state index contributed by atoms with van der Waals surface area (Å²) in [7, 11) is 0. The van der Waals surface area contributed by atoms with Crippen molar-refractivity contribution >= 4 is 0 Å². The van der Waals surface area contributed by atoms with Gasteiger partial charge in [-0.3, -0.25) is 0 Å². The highest BCUT2D eigenvalue weighted by Gasteiger charge is 2.01. The summed E-state index contributed by atoms with van der Waals surface area (Å²) in [6.45, 7) is 7.07. The minimum atomic E-state index is 0.970. The maximum Gasteiger partial charge on any atom is -0.0443 e. The van der Waals surface area contributed by atoms with Crippen LogP contribution in [-0.4, -0.2) is 0 Å². The van der Waals surface area contributed by atoms with Crippen molar-refractivity contribution in [3.05, 3.63) is 0 Å². The molecule has 0 aromatic rings. The minimum absolute atomic E-state index is 0.970. The molecule has 158 valence electrons. The molecule has 0 bridgehead atoms. The minimum Gasteiger partial charge on any atom is -0.0654 e. The molecule has 0 radical (unpaired) electrons. The maximum absolute atomic E-state index is 2.46. The Labute approximate surface area is 168 Å². The molecule has 1 unspecified atom stereocenters. The lowest BCUT2D eigenvalue weighted by molar-refractivity contribution is 0.435. The maximum atomic E-state index is 2.46. The largest absolute Gasteiger partial charge is 0.0654 e. The highest BCUT2D eigenvalue weighted by atomic mass is 14.1. The van der Waals surface area contributed by atoms with Crippen molar-refractivity contribution < 1.29 is 0 Å². The van der Waals surface area contributed by atoms with Crippen LogP contribution in [0.4, 0.5) is 0 Å². The van der Waals surface area contributed by atoms with E-state index in [0.717, 1.165) is 5.92 Å². The third-order valence-corrected chi connectivity index (χ3v) is 6.10. The molecule has 0 aliphatic heterocycles. The Balaban J connectivity index is 3.05. The van der Waals surface area contributed by atoms with Crippen LogP contribution >= 0.6 is 0 Å². The number of hydrogen-bond donors (Lipinski definition) is 0. The molecule has 0 aliphatic carbocycles. The molecule has 0 saturated carbocycles. The molecule has 0 heterocycles. The van der Waals surface area contributed by atoms with Crippen LogP contribution < -0.4 is 0 Å². The molecule has 0 spiro atoms. The zero-order valence-electron chi connectivity index (χ0n) is 19.1. The van der Waals surface area contributed by atoms with Crippen molar-refractivity contribution in [1.29, 1.82) is 0 Å². The van der Waals surface area contributed by atoms with Crippen molar-refractivity contribution in [2.45, 2.75) is 162 Å². The molecule has 0 saturated heterocycles. The normalized spacial score (nSPS) is 12.6. The molecular weight excluding hydrogens is 312 g/mol. The Hall–Kier alpha value is 0. The first-order valence-electron chi connectivity index (χ1n) is 12.8. The Kier molecular flexibility index (Phi) is 23.0. The summed E-state index contributed by atoms with van der Waals surface area (Å²) in [6, 6.07) is 0. The molecule has 0 N–H and O–H groups in total. The number of hydrogen-bond acceptors (Lipinski definition) is 0. The van der Waals surface area contributed by atoms with Crippen LogP contribution in [0.3, 0.4) is 0 Å². The number of unbranched alkanes of at least 4 members (excludes halogenated alkanes) is 18. The van der Waals surface area contributed by atoms with E-state index in [9.17, 15) is 0 Å². The van der Waals surface area contributed by atoms with Crippen LogP contribution in [0.5, 0.6) is 0 Å². The Morgan fingerprint density at radius 1 is 0.346 bits per heavy atom. The summed E-state index contributed by atoms with van der Waals surface area (Å²) < 4.78 is 0. The first-order valence-corrected chi connectivity index (χ1v) is 12.8. The van der Waals surface area contributed by atoms with Gasteiger partial charge in [-0.25, -0.2) is 0 Å². The third kappa shape index (κ3) is 22.0. The monoisotopic (exact) mass is 366 g/mol. The second-order valence-corrected chi connectivity index (χ2v) is 9.05. The highest BCUT2D eigenvalue weighted by Crippen LogP contribution is 2.18. The van der Waals surface area contributed by atoms with Crippen LogP contribution in [0.1, 0.15) is 162 Å². The summed E-state index contributed by atoms with van der Waals surface area (Å²) in [6.07, 6.45) is 32.3. The molecule has 0 fully saturated rings. The Bertz CT molecular complexity index is 232. The second kappa shape index (κ2) is 23.0. The van der Waals surface area contributed by atoms with Gasteiger partial charge >= 0.3 is 0 Å². The van der Waals surface area contributed by atoms with E-state index in [1.54, 1.807) is 0 Å². The van der Waals surface area contributed by atoms with E-state index in [0.29, 0.717) is 0 Å². The van der Waals surface area contributed by atoms with Gasteiger partial charge < -0.3 is 0 Å². The molecule has 26 heavy (non-hydrogen) atoms. The first kappa shape index (κ1) is 26.0. The fourth-order valence-electron chi connectivity index (χ4n) is 4.10. The summed E-state index contributed by atoms with van der Waals surface area (Å²) in [5, 5.41) is 0. The predicted octanol–water partition coefficient (Wildman–Crippen LogP) is 10.2. The molecule has 0 rings (SSSR count). The number of rotatable bonds is 22. The predicted molar refractivity (Wildman–Crippen MR) is 122 cm³/mol. The summed E-state index contributed by atoms with van der Waals surface area (Å²) in [4.78, 5) is 0. The van der Waals surface area contributed by atoms with Crippen LogP contribution in [0, 0.1) is 5.92 Å². The van der Waals surface area contributed by atoms with E-state index in [4.69, 9.17) is 0 Å². The van der Waals surface area contributed by atoms with E-state index in [1.807, 2.05) is 0 Å². The molecular formula is C26H54. The fourth-order valence-corrected chi connectivity index (χ4v) is 4.10. The zero-order valence-corrected chi connectivity index (χ0v) is 19.1. The molecule has 0 aromatic heterocycles. The summed E-state index contributed by atoms with van der Waals surface area (Å²) in [5.74, 6) is 0.970. The topological polar surface area (TPSA) is 0 Å². The first-order chi connectivity index (χ1) is 12.8. The molecule has 0 nitrogen and oxygen atoms in total. The molecule has 0 heteroatoms. The van der Waals surface area contributed by atoms with E-state index in [2.05, 4.69) is 20.8 Å². The van der Waals surface area contributed by atoms with Crippen molar-refractivity contribution in [2.75, 3.05) is 0 Å². The quantitative estimate of drug-likeness (QED) is 0.167. The standard InChI is InChI=1S/C26H54/c1-4-6-8-9-10-11-12-13-14-15-16-17-18-19-20-21-23-25-26(3)24-22-7-5-2/h26H,4-25H2,1-3H3. The van der Waals surface area contributed by atoms with Crippen molar-refractivity contribution in [3.63, 3.8) is 0 Å². The highest BCUT2D eigenvalue weighted by molar-refractivity contribution is 4.55. The van der Waals surface area contributed by atoms with Gasteiger partial charge in [0.1, 0.15) is 0 Å². The SMILES string of the molecule is CCCCCCCCCCCCCCCCCCCC(C)CCCCC. The molecule has 1 atom stereocenters. The van der Waals surface area contributed by atoms with E-state index in [1.165, 1.54) is 141 Å². The van der Waals surface area contributed by atoms with Crippen molar-refractivity contribution in [2.24, 2.45) is 5.92 Å². The van der Waals surface area contributed by atoms with Gasteiger partial charge in [0.15, 0.2) is 0 Å². The average molecular weight is 367 g/mol. The van der Waals surface area contributed by atoms with Gasteiger partial charge in [-0.15, -0.1) is 0 Å². The Morgan fingerprint density at radius 2 is 0.577 bits per heavy atom. The fraction of sp³-hybridized carbons (Fsp3) is 1.00. The van der Waals surface area contributed by atoms with Gasteiger partial charge in [-0.05, 0) is 5.92 Å². The lowest BCUT2D eigenvalue weighted by Crippen LogP contribution is -1.94. The molecule has 0 aliphatic rings. The van der Waals surface area contributed by atoms with Gasteiger partial charge in [-0.2, -0.15) is 0 Å². The molecule has 0 amide bonds. The van der Waals surface area contributed by atoms with Gasteiger partial charge in [0, 0.05) is 0 Å². The van der Waals surface area contributed by atoms with Gasteiger partial charge in [0.25, 0.3) is 0 Å². The smallest absolute Gasteiger partial charge is 0.0443 e. The van der Waals surface area contributed by atoms with Crippen LogP contribution in [0.25, 0.3) is 0 Å². The van der Waals surface area contributed by atoms with Gasteiger partial charge in [0.2, 0.25) is 0 Å². The van der Waals surface area contributed by atoms with E-state index >= 15 is 0 Å². The summed E-state index contributed by atoms with van der Waals surface area (Å²) >= 11 is 0. The second-order valence-electron chi connectivity index (χ2n) is 9.05. The van der Waals surface area contributed by atoms with Crippen LogP contribution in [-0.2, 0) is 0 Å². The lowest BCUT2D eigenvalue weighted by Gasteiger charge is -2.10. The van der Waals surface area contributed by atoms with Gasteiger partial charge in [-0.1, -0.05) is 162 Å². The van der Waals surface area contributed by atoms with Crippen LogP contribution in [0.2, 0.25) is 0 Å². The van der Waals surface area contributed by atoms with Gasteiger partial charge in [0.05, 0.1) is 0 Å².